The van der Waals surface area contributed by atoms with E-state index in [0.717, 1.165) is 22.4 Å². The average molecular weight is 359 g/mol. The predicted molar refractivity (Wildman–Crippen MR) is 102 cm³/mol. The van der Waals surface area contributed by atoms with Crippen LogP contribution in [0.25, 0.3) is 0 Å². The number of hydrogen-bond acceptors (Lipinski definition) is 2. The van der Waals surface area contributed by atoms with E-state index in [9.17, 15) is 9.59 Å². The highest BCUT2D eigenvalue weighted by Gasteiger charge is 2.17. The van der Waals surface area contributed by atoms with E-state index < -0.39 is 0 Å². The third-order valence-electron chi connectivity index (χ3n) is 3.99. The normalized spacial score (nSPS) is 10.4. The molecule has 0 saturated heterocycles. The Morgan fingerprint density at radius 1 is 1.08 bits per heavy atom. The maximum absolute atomic E-state index is 12.2. The lowest BCUT2D eigenvalue weighted by Crippen LogP contribution is -2.38. The van der Waals surface area contributed by atoms with Crippen molar-refractivity contribution in [1.82, 2.24) is 5.32 Å². The number of aryl methyl sites for hydroxylation is 3. The summed E-state index contributed by atoms with van der Waals surface area (Å²) in [5.74, 6) is -0.254. The summed E-state index contributed by atoms with van der Waals surface area (Å²) in [6, 6.07) is 10.9. The van der Waals surface area contributed by atoms with Gasteiger partial charge in [0.05, 0.1) is 0 Å². The molecule has 2 rings (SSSR count). The molecule has 2 aromatic carbocycles. The fourth-order valence-electron chi connectivity index (χ4n) is 3.04. The van der Waals surface area contributed by atoms with Gasteiger partial charge < -0.3 is 10.2 Å². The minimum Gasteiger partial charge on any atom is -0.350 e. The highest BCUT2D eigenvalue weighted by Crippen LogP contribution is 2.26. The van der Waals surface area contributed by atoms with Gasteiger partial charge in [-0.25, -0.2) is 0 Å². The summed E-state index contributed by atoms with van der Waals surface area (Å²) in [5, 5.41) is 3.36. The van der Waals surface area contributed by atoms with Crippen LogP contribution < -0.4 is 10.2 Å². The number of halogens is 1. The van der Waals surface area contributed by atoms with Gasteiger partial charge in [0.2, 0.25) is 5.91 Å². The van der Waals surface area contributed by atoms with Crippen LogP contribution in [0.1, 0.15) is 34.0 Å². The third kappa shape index (κ3) is 4.83. The van der Waals surface area contributed by atoms with Gasteiger partial charge in [0.1, 0.15) is 0 Å². The molecule has 2 amide bonds. The molecule has 0 aromatic heterocycles. The molecule has 0 spiro atoms. The average Bonchev–Trinajstić information content (AvgIpc) is 2.52. The van der Waals surface area contributed by atoms with Gasteiger partial charge in [0.15, 0.2) is 0 Å². The van der Waals surface area contributed by atoms with Crippen LogP contribution in [0.3, 0.4) is 0 Å². The first-order valence-electron chi connectivity index (χ1n) is 8.19. The number of benzene rings is 2. The maximum atomic E-state index is 12.2. The van der Waals surface area contributed by atoms with E-state index in [4.69, 9.17) is 11.6 Å². The zero-order chi connectivity index (χ0) is 18.6. The summed E-state index contributed by atoms with van der Waals surface area (Å²) < 4.78 is 0. The molecule has 0 radical (unpaired) electrons. The second-order valence-corrected chi connectivity index (χ2v) is 6.62. The van der Waals surface area contributed by atoms with Crippen LogP contribution in [-0.2, 0) is 4.79 Å². The largest absolute Gasteiger partial charge is 0.350 e. The van der Waals surface area contributed by atoms with Gasteiger partial charge in [-0.1, -0.05) is 35.4 Å². The van der Waals surface area contributed by atoms with Crippen LogP contribution in [0.5, 0.6) is 0 Å². The first kappa shape index (κ1) is 19.0. The summed E-state index contributed by atoms with van der Waals surface area (Å²) in [7, 11) is 0. The Morgan fingerprint density at radius 2 is 1.72 bits per heavy atom. The third-order valence-corrected chi connectivity index (χ3v) is 4.23. The van der Waals surface area contributed by atoms with Crippen molar-refractivity contribution in [2.75, 3.05) is 18.0 Å². The molecule has 25 heavy (non-hydrogen) atoms. The molecule has 0 fully saturated rings. The van der Waals surface area contributed by atoms with E-state index in [1.54, 1.807) is 29.2 Å². The van der Waals surface area contributed by atoms with Crippen LogP contribution in [0.4, 0.5) is 5.69 Å². The second-order valence-electron chi connectivity index (χ2n) is 6.18. The first-order valence-corrected chi connectivity index (χ1v) is 8.57. The Balaban J connectivity index is 2.09. The zero-order valence-corrected chi connectivity index (χ0v) is 15.8. The topological polar surface area (TPSA) is 49.4 Å². The Kier molecular flexibility index (Phi) is 6.21. The standard InChI is InChI=1S/C20H23ClN2O2/c1-13-10-14(2)19(15(3)11-13)23(16(4)24)9-8-22-20(25)17-6-5-7-18(21)12-17/h5-7,10-12H,8-9H2,1-4H3,(H,22,25). The number of nitrogens with zero attached hydrogens (tertiary/aromatic N) is 1. The molecule has 0 aliphatic heterocycles. The van der Waals surface area contributed by atoms with E-state index in [2.05, 4.69) is 17.4 Å². The van der Waals surface area contributed by atoms with Gasteiger partial charge in [0, 0.05) is 36.3 Å². The Morgan fingerprint density at radius 3 is 2.28 bits per heavy atom. The van der Waals surface area contributed by atoms with Crippen molar-refractivity contribution in [2.24, 2.45) is 0 Å². The fraction of sp³-hybridized carbons (Fsp3) is 0.300. The van der Waals surface area contributed by atoms with E-state index in [-0.39, 0.29) is 11.8 Å². The van der Waals surface area contributed by atoms with E-state index in [1.807, 2.05) is 20.8 Å². The fourth-order valence-corrected chi connectivity index (χ4v) is 3.23. The molecule has 0 unspecified atom stereocenters. The van der Waals surface area contributed by atoms with E-state index in [1.165, 1.54) is 6.92 Å². The maximum Gasteiger partial charge on any atom is 0.251 e. The summed E-state index contributed by atoms with van der Waals surface area (Å²) in [4.78, 5) is 26.0. The van der Waals surface area contributed by atoms with Gasteiger partial charge >= 0.3 is 0 Å². The molecular weight excluding hydrogens is 336 g/mol. The molecule has 0 saturated carbocycles. The number of rotatable bonds is 5. The lowest BCUT2D eigenvalue weighted by Gasteiger charge is -2.25. The molecule has 0 bridgehead atoms. The van der Waals surface area contributed by atoms with Crippen molar-refractivity contribution < 1.29 is 9.59 Å². The molecular formula is C20H23ClN2O2. The highest BCUT2D eigenvalue weighted by molar-refractivity contribution is 6.30. The second kappa shape index (κ2) is 8.17. The van der Waals surface area contributed by atoms with Crippen LogP contribution in [0.2, 0.25) is 5.02 Å². The quantitative estimate of drug-likeness (QED) is 0.876. The molecule has 5 heteroatoms. The number of amides is 2. The Bertz CT molecular complexity index is 779. The van der Waals surface area contributed by atoms with Crippen molar-refractivity contribution in [2.45, 2.75) is 27.7 Å². The number of hydrogen-bond donors (Lipinski definition) is 1. The van der Waals surface area contributed by atoms with Crippen LogP contribution in [0.15, 0.2) is 36.4 Å². The smallest absolute Gasteiger partial charge is 0.251 e. The SMILES string of the molecule is CC(=O)N(CCNC(=O)c1cccc(Cl)c1)c1c(C)cc(C)cc1C. The summed E-state index contributed by atoms with van der Waals surface area (Å²) in [6.07, 6.45) is 0. The lowest BCUT2D eigenvalue weighted by molar-refractivity contribution is -0.116. The van der Waals surface area contributed by atoms with Crippen LogP contribution >= 0.6 is 11.6 Å². The van der Waals surface area contributed by atoms with Crippen molar-refractivity contribution in [3.63, 3.8) is 0 Å². The minimum atomic E-state index is -0.205. The molecule has 0 aliphatic rings. The molecule has 0 heterocycles. The predicted octanol–water partition coefficient (Wildman–Crippen LogP) is 4.05. The number of carbonyl (C=O) groups excluding carboxylic acids is 2. The number of anilines is 1. The zero-order valence-electron chi connectivity index (χ0n) is 15.0. The monoisotopic (exact) mass is 358 g/mol. The number of carbonyl (C=O) groups is 2. The molecule has 4 nitrogen and oxygen atoms in total. The van der Waals surface area contributed by atoms with Crippen molar-refractivity contribution in [3.05, 3.63) is 63.7 Å². The number of nitrogens with one attached hydrogen (secondary N) is 1. The summed E-state index contributed by atoms with van der Waals surface area (Å²) >= 11 is 5.91. The van der Waals surface area contributed by atoms with Crippen molar-refractivity contribution in [1.29, 1.82) is 0 Å². The molecule has 0 atom stereocenters. The van der Waals surface area contributed by atoms with E-state index in [0.29, 0.717) is 23.7 Å². The van der Waals surface area contributed by atoms with Crippen molar-refractivity contribution >= 4 is 29.1 Å². The van der Waals surface area contributed by atoms with Crippen LogP contribution in [-0.4, -0.2) is 24.9 Å². The Hall–Kier alpha value is -2.33. The minimum absolute atomic E-state index is 0.0490. The lowest BCUT2D eigenvalue weighted by atomic mass is 10.0. The molecule has 1 N–H and O–H groups in total. The Labute approximate surface area is 153 Å². The van der Waals surface area contributed by atoms with E-state index >= 15 is 0 Å². The molecule has 0 aliphatic carbocycles. The summed E-state index contributed by atoms with van der Waals surface area (Å²) in [6.45, 7) is 8.33. The van der Waals surface area contributed by atoms with Gasteiger partial charge in [-0.2, -0.15) is 0 Å². The van der Waals surface area contributed by atoms with Gasteiger partial charge in [-0.3, -0.25) is 9.59 Å². The van der Waals surface area contributed by atoms with Gasteiger partial charge in [-0.05, 0) is 50.1 Å². The van der Waals surface area contributed by atoms with Gasteiger partial charge in [-0.15, -0.1) is 0 Å². The first-order chi connectivity index (χ1) is 11.8. The molecule has 132 valence electrons. The van der Waals surface area contributed by atoms with Crippen LogP contribution in [0, 0.1) is 20.8 Å². The molecule has 2 aromatic rings. The van der Waals surface area contributed by atoms with Gasteiger partial charge in [0.25, 0.3) is 5.91 Å². The summed E-state index contributed by atoms with van der Waals surface area (Å²) in [5.41, 5.74) is 4.68. The van der Waals surface area contributed by atoms with Crippen molar-refractivity contribution in [3.8, 4) is 0 Å². The highest BCUT2D eigenvalue weighted by atomic mass is 35.5.